The summed E-state index contributed by atoms with van der Waals surface area (Å²) in [5.74, 6) is 0. The molecule has 1 aliphatic heterocycles. The standard InChI is InChI=1S/C20H32N2O2/c1-5-16-8-9-17-10-13-22(15-18(17)14-16)12-7-6-11-21-19(23)24-20(2,3)4/h8-9,14H,5-7,10-13,15H2,1-4H3,(H,21,23). The van der Waals surface area contributed by atoms with E-state index in [2.05, 4.69) is 35.3 Å². The first kappa shape index (κ1) is 18.8. The van der Waals surface area contributed by atoms with E-state index in [1.165, 1.54) is 16.7 Å². The summed E-state index contributed by atoms with van der Waals surface area (Å²) in [4.78, 5) is 14.1. The maximum absolute atomic E-state index is 11.6. The summed E-state index contributed by atoms with van der Waals surface area (Å²) in [7, 11) is 0. The zero-order valence-corrected chi connectivity index (χ0v) is 15.7. The number of carbonyl (C=O) groups excluding carboxylic acids is 1. The van der Waals surface area contributed by atoms with E-state index in [9.17, 15) is 4.79 Å². The second kappa shape index (κ2) is 8.52. The van der Waals surface area contributed by atoms with Crippen molar-refractivity contribution in [3.63, 3.8) is 0 Å². The molecule has 1 amide bonds. The molecule has 0 radical (unpaired) electrons. The van der Waals surface area contributed by atoms with Crippen molar-refractivity contribution in [3.8, 4) is 0 Å². The SMILES string of the molecule is CCc1ccc2c(c1)CN(CCCCNC(=O)OC(C)(C)C)CC2. The first-order valence-electron chi connectivity index (χ1n) is 9.17. The van der Waals surface area contributed by atoms with E-state index in [0.29, 0.717) is 6.54 Å². The van der Waals surface area contributed by atoms with Crippen LogP contribution in [0.4, 0.5) is 4.79 Å². The highest BCUT2D eigenvalue weighted by Crippen LogP contribution is 2.21. The number of rotatable bonds is 6. The zero-order valence-electron chi connectivity index (χ0n) is 15.7. The van der Waals surface area contributed by atoms with Crippen LogP contribution in [-0.2, 0) is 24.1 Å². The third kappa shape index (κ3) is 6.16. The lowest BCUT2D eigenvalue weighted by molar-refractivity contribution is 0.0526. The van der Waals surface area contributed by atoms with Gasteiger partial charge in [-0.25, -0.2) is 4.79 Å². The molecule has 0 saturated heterocycles. The van der Waals surface area contributed by atoms with Gasteiger partial charge in [-0.05, 0) is 69.7 Å². The summed E-state index contributed by atoms with van der Waals surface area (Å²) in [6.45, 7) is 11.8. The van der Waals surface area contributed by atoms with Gasteiger partial charge in [0.1, 0.15) is 5.60 Å². The number of benzene rings is 1. The summed E-state index contributed by atoms with van der Waals surface area (Å²) in [6, 6.07) is 6.93. The van der Waals surface area contributed by atoms with Crippen molar-refractivity contribution >= 4 is 6.09 Å². The molecule has 1 aromatic rings. The minimum Gasteiger partial charge on any atom is -0.444 e. The Morgan fingerprint density at radius 3 is 2.75 bits per heavy atom. The van der Waals surface area contributed by atoms with E-state index in [0.717, 1.165) is 45.3 Å². The van der Waals surface area contributed by atoms with Gasteiger partial charge in [0.15, 0.2) is 0 Å². The first-order valence-corrected chi connectivity index (χ1v) is 9.17. The van der Waals surface area contributed by atoms with Crippen LogP contribution in [0.1, 0.15) is 57.2 Å². The fourth-order valence-electron chi connectivity index (χ4n) is 3.04. The molecule has 0 saturated carbocycles. The molecule has 0 aliphatic carbocycles. The molecule has 0 bridgehead atoms. The van der Waals surface area contributed by atoms with Gasteiger partial charge in [0.25, 0.3) is 0 Å². The Morgan fingerprint density at radius 2 is 2.04 bits per heavy atom. The van der Waals surface area contributed by atoms with Gasteiger partial charge in [-0.1, -0.05) is 25.1 Å². The van der Waals surface area contributed by atoms with Crippen LogP contribution in [0.25, 0.3) is 0 Å². The predicted octanol–water partition coefficient (Wildman–Crippen LogP) is 3.91. The van der Waals surface area contributed by atoms with Crippen LogP contribution in [0.3, 0.4) is 0 Å². The monoisotopic (exact) mass is 332 g/mol. The van der Waals surface area contributed by atoms with E-state index in [-0.39, 0.29) is 6.09 Å². The third-order valence-electron chi connectivity index (χ3n) is 4.34. The van der Waals surface area contributed by atoms with Gasteiger partial charge in [0, 0.05) is 19.6 Å². The molecule has 0 aromatic heterocycles. The molecule has 0 fully saturated rings. The maximum Gasteiger partial charge on any atom is 0.407 e. The summed E-state index contributed by atoms with van der Waals surface area (Å²) in [5.41, 5.74) is 4.00. The second-order valence-electron chi connectivity index (χ2n) is 7.62. The van der Waals surface area contributed by atoms with Crippen molar-refractivity contribution in [2.45, 2.75) is 65.5 Å². The average Bonchev–Trinajstić information content (AvgIpc) is 2.52. The van der Waals surface area contributed by atoms with Crippen LogP contribution >= 0.6 is 0 Å². The summed E-state index contributed by atoms with van der Waals surface area (Å²) in [6.07, 6.45) is 4.01. The van der Waals surface area contributed by atoms with E-state index < -0.39 is 5.60 Å². The molecule has 4 heteroatoms. The Morgan fingerprint density at radius 1 is 1.25 bits per heavy atom. The van der Waals surface area contributed by atoms with Crippen LogP contribution < -0.4 is 5.32 Å². The highest BCUT2D eigenvalue weighted by molar-refractivity contribution is 5.67. The number of alkyl carbamates (subject to hydrolysis) is 1. The molecule has 134 valence electrons. The lowest BCUT2D eigenvalue weighted by Crippen LogP contribution is -2.34. The van der Waals surface area contributed by atoms with Crippen LogP contribution in [0.15, 0.2) is 18.2 Å². The maximum atomic E-state index is 11.6. The minimum atomic E-state index is -0.428. The zero-order chi connectivity index (χ0) is 17.6. The van der Waals surface area contributed by atoms with Crippen LogP contribution in [0.5, 0.6) is 0 Å². The number of nitrogens with one attached hydrogen (secondary N) is 1. The lowest BCUT2D eigenvalue weighted by Gasteiger charge is -2.29. The normalized spacial score (nSPS) is 15.0. The number of fused-ring (bicyclic) bond motifs is 1. The predicted molar refractivity (Wildman–Crippen MR) is 98.3 cm³/mol. The van der Waals surface area contributed by atoms with Gasteiger partial charge in [0.05, 0.1) is 0 Å². The average molecular weight is 332 g/mol. The molecule has 24 heavy (non-hydrogen) atoms. The molecule has 0 unspecified atom stereocenters. The van der Waals surface area contributed by atoms with Crippen LogP contribution in [0, 0.1) is 0 Å². The fourth-order valence-corrected chi connectivity index (χ4v) is 3.04. The van der Waals surface area contributed by atoms with Crippen molar-refractivity contribution in [3.05, 3.63) is 34.9 Å². The number of unbranched alkanes of at least 4 members (excludes halogenated alkanes) is 1. The molecule has 1 heterocycles. The molecular weight excluding hydrogens is 300 g/mol. The Bertz CT molecular complexity index is 549. The minimum absolute atomic E-state index is 0.318. The molecule has 1 aliphatic rings. The fraction of sp³-hybridized carbons (Fsp3) is 0.650. The van der Waals surface area contributed by atoms with Crippen molar-refractivity contribution in [2.75, 3.05) is 19.6 Å². The summed E-state index contributed by atoms with van der Waals surface area (Å²) in [5, 5.41) is 2.83. The van der Waals surface area contributed by atoms with Gasteiger partial charge < -0.3 is 10.1 Å². The van der Waals surface area contributed by atoms with Gasteiger partial charge in [0.2, 0.25) is 0 Å². The number of hydrogen-bond acceptors (Lipinski definition) is 3. The van der Waals surface area contributed by atoms with Gasteiger partial charge >= 0.3 is 6.09 Å². The van der Waals surface area contributed by atoms with E-state index in [1.54, 1.807) is 0 Å². The Kier molecular flexibility index (Phi) is 6.67. The first-order chi connectivity index (χ1) is 11.4. The van der Waals surface area contributed by atoms with E-state index in [1.807, 2.05) is 20.8 Å². The van der Waals surface area contributed by atoms with Gasteiger partial charge in [-0.3, -0.25) is 4.90 Å². The molecule has 1 aromatic carbocycles. The summed E-state index contributed by atoms with van der Waals surface area (Å²) >= 11 is 0. The quantitative estimate of drug-likeness (QED) is 0.803. The van der Waals surface area contributed by atoms with Crippen molar-refractivity contribution in [1.82, 2.24) is 10.2 Å². The molecule has 0 spiro atoms. The van der Waals surface area contributed by atoms with Crippen molar-refractivity contribution < 1.29 is 9.53 Å². The smallest absolute Gasteiger partial charge is 0.407 e. The van der Waals surface area contributed by atoms with Crippen LogP contribution in [0.2, 0.25) is 0 Å². The third-order valence-corrected chi connectivity index (χ3v) is 4.34. The Labute approximate surface area is 146 Å². The van der Waals surface area contributed by atoms with E-state index >= 15 is 0 Å². The molecule has 2 rings (SSSR count). The second-order valence-corrected chi connectivity index (χ2v) is 7.62. The Hall–Kier alpha value is -1.55. The van der Waals surface area contributed by atoms with E-state index in [4.69, 9.17) is 4.74 Å². The molecule has 1 N–H and O–H groups in total. The van der Waals surface area contributed by atoms with Gasteiger partial charge in [-0.2, -0.15) is 0 Å². The topological polar surface area (TPSA) is 41.6 Å². The highest BCUT2D eigenvalue weighted by atomic mass is 16.6. The van der Waals surface area contributed by atoms with Crippen molar-refractivity contribution in [2.24, 2.45) is 0 Å². The van der Waals surface area contributed by atoms with Crippen molar-refractivity contribution in [1.29, 1.82) is 0 Å². The number of ether oxygens (including phenoxy) is 1. The number of amides is 1. The van der Waals surface area contributed by atoms with Crippen LogP contribution in [-0.4, -0.2) is 36.2 Å². The highest BCUT2D eigenvalue weighted by Gasteiger charge is 2.17. The summed E-state index contributed by atoms with van der Waals surface area (Å²) < 4.78 is 5.23. The molecule has 4 nitrogen and oxygen atoms in total. The lowest BCUT2D eigenvalue weighted by atomic mass is 9.96. The number of nitrogens with zero attached hydrogens (tertiary/aromatic N) is 1. The van der Waals surface area contributed by atoms with Gasteiger partial charge in [-0.15, -0.1) is 0 Å². The number of aryl methyl sites for hydroxylation is 1. The Balaban J connectivity index is 1.66. The number of carbonyl (C=O) groups is 1. The number of hydrogen-bond donors (Lipinski definition) is 1. The molecule has 0 atom stereocenters. The molecular formula is C20H32N2O2. The largest absolute Gasteiger partial charge is 0.444 e.